The summed E-state index contributed by atoms with van der Waals surface area (Å²) in [5, 5.41) is 3.34. The third-order valence-corrected chi connectivity index (χ3v) is 5.07. The summed E-state index contributed by atoms with van der Waals surface area (Å²) < 4.78 is 5.61. The van der Waals surface area contributed by atoms with Crippen molar-refractivity contribution in [1.82, 2.24) is 5.32 Å². The van der Waals surface area contributed by atoms with Crippen LogP contribution < -0.4 is 10.2 Å². The molecule has 1 aliphatic heterocycles. The minimum atomic E-state index is -0.202. The molecule has 1 heterocycles. The standard InChI is InChI=1S/C17H24N2O2/c1-18-14-8-11-19(15-7-4-3-6-13(14)15)16(20)12-17(21-2)9-5-10-17/h3-4,6-7,14,18H,5,8-12H2,1-2H3. The molecule has 0 spiro atoms. The maximum absolute atomic E-state index is 12.7. The molecule has 1 aromatic carbocycles. The van der Waals surface area contributed by atoms with Crippen molar-refractivity contribution in [3.63, 3.8) is 0 Å². The number of amides is 1. The Hall–Kier alpha value is -1.39. The van der Waals surface area contributed by atoms with E-state index < -0.39 is 0 Å². The SMILES string of the molecule is CNC1CCN(C(=O)CC2(OC)CCC2)c2ccccc21. The normalized spacial score (nSPS) is 23.3. The van der Waals surface area contributed by atoms with Crippen molar-refractivity contribution in [2.45, 2.75) is 43.7 Å². The van der Waals surface area contributed by atoms with Crippen molar-refractivity contribution in [3.05, 3.63) is 29.8 Å². The molecule has 1 aromatic rings. The third-order valence-electron chi connectivity index (χ3n) is 5.07. The highest BCUT2D eigenvalue weighted by atomic mass is 16.5. The molecule has 1 N–H and O–H groups in total. The summed E-state index contributed by atoms with van der Waals surface area (Å²) in [5.74, 6) is 0.193. The largest absolute Gasteiger partial charge is 0.378 e. The van der Waals surface area contributed by atoms with Crippen LogP contribution in [-0.2, 0) is 9.53 Å². The Bertz CT molecular complexity index is 520. The molecule has 0 bridgehead atoms. The van der Waals surface area contributed by atoms with Gasteiger partial charge >= 0.3 is 0 Å². The fourth-order valence-corrected chi connectivity index (χ4v) is 3.52. The zero-order valence-corrected chi connectivity index (χ0v) is 12.9. The number of carbonyl (C=O) groups is 1. The Morgan fingerprint density at radius 2 is 2.19 bits per heavy atom. The van der Waals surface area contributed by atoms with Crippen molar-refractivity contribution < 1.29 is 9.53 Å². The molecule has 1 fully saturated rings. The number of fused-ring (bicyclic) bond motifs is 1. The van der Waals surface area contributed by atoms with Gasteiger partial charge < -0.3 is 15.0 Å². The monoisotopic (exact) mass is 288 g/mol. The summed E-state index contributed by atoms with van der Waals surface area (Å²) in [6.07, 6.45) is 4.63. The zero-order valence-electron chi connectivity index (χ0n) is 12.9. The van der Waals surface area contributed by atoms with Gasteiger partial charge in [0.05, 0.1) is 12.0 Å². The van der Waals surface area contributed by atoms with Crippen molar-refractivity contribution in [3.8, 4) is 0 Å². The topological polar surface area (TPSA) is 41.6 Å². The van der Waals surface area contributed by atoms with Gasteiger partial charge in [-0.05, 0) is 44.4 Å². The number of para-hydroxylation sites is 1. The molecule has 0 radical (unpaired) electrons. The lowest BCUT2D eigenvalue weighted by Crippen LogP contribution is -2.47. The second-order valence-electron chi connectivity index (χ2n) is 6.15. The van der Waals surface area contributed by atoms with Gasteiger partial charge in [-0.25, -0.2) is 0 Å². The van der Waals surface area contributed by atoms with Gasteiger partial charge in [0.15, 0.2) is 0 Å². The predicted octanol–water partition coefficient (Wildman–Crippen LogP) is 2.64. The van der Waals surface area contributed by atoms with Crippen LogP contribution in [0.15, 0.2) is 24.3 Å². The molecule has 1 amide bonds. The highest BCUT2D eigenvalue weighted by Gasteiger charge is 2.41. The molecule has 3 rings (SSSR count). The molecule has 1 unspecified atom stereocenters. The first-order chi connectivity index (χ1) is 10.2. The number of carbonyl (C=O) groups excluding carboxylic acids is 1. The molecule has 1 saturated carbocycles. The Kier molecular flexibility index (Phi) is 4.00. The molecule has 4 nitrogen and oxygen atoms in total. The first-order valence-electron chi connectivity index (χ1n) is 7.81. The van der Waals surface area contributed by atoms with Crippen LogP contribution in [0.1, 0.15) is 43.7 Å². The molecular weight excluding hydrogens is 264 g/mol. The number of nitrogens with zero attached hydrogens (tertiary/aromatic N) is 1. The van der Waals surface area contributed by atoms with Crippen LogP contribution in [0.4, 0.5) is 5.69 Å². The zero-order chi connectivity index (χ0) is 14.9. The molecule has 4 heteroatoms. The van der Waals surface area contributed by atoms with Crippen LogP contribution in [0.5, 0.6) is 0 Å². The van der Waals surface area contributed by atoms with Gasteiger partial charge in [0, 0.05) is 25.4 Å². The van der Waals surface area contributed by atoms with Gasteiger partial charge in [0.2, 0.25) is 5.91 Å². The van der Waals surface area contributed by atoms with E-state index in [-0.39, 0.29) is 11.5 Å². The summed E-state index contributed by atoms with van der Waals surface area (Å²) >= 11 is 0. The lowest BCUT2D eigenvalue weighted by Gasteiger charge is -2.42. The summed E-state index contributed by atoms with van der Waals surface area (Å²) in [6, 6.07) is 8.56. The van der Waals surface area contributed by atoms with E-state index in [1.54, 1.807) is 7.11 Å². The number of anilines is 1. The van der Waals surface area contributed by atoms with E-state index in [1.165, 1.54) is 12.0 Å². The Morgan fingerprint density at radius 3 is 2.81 bits per heavy atom. The highest BCUT2D eigenvalue weighted by Crippen LogP contribution is 2.40. The highest BCUT2D eigenvalue weighted by molar-refractivity contribution is 5.95. The van der Waals surface area contributed by atoms with Crippen LogP contribution in [-0.4, -0.2) is 32.2 Å². The fourth-order valence-electron chi connectivity index (χ4n) is 3.52. The molecule has 1 atom stereocenters. The van der Waals surface area contributed by atoms with E-state index in [9.17, 15) is 4.79 Å². The predicted molar refractivity (Wildman–Crippen MR) is 83.4 cm³/mol. The summed E-state index contributed by atoms with van der Waals surface area (Å²) in [4.78, 5) is 14.7. The Morgan fingerprint density at radius 1 is 1.43 bits per heavy atom. The molecular formula is C17H24N2O2. The first kappa shape index (κ1) is 14.5. The lowest BCUT2D eigenvalue weighted by atomic mass is 9.77. The van der Waals surface area contributed by atoms with Gasteiger partial charge in [-0.3, -0.25) is 4.79 Å². The van der Waals surface area contributed by atoms with Gasteiger partial charge in [0.25, 0.3) is 0 Å². The van der Waals surface area contributed by atoms with Crippen molar-refractivity contribution in [2.24, 2.45) is 0 Å². The average Bonchev–Trinajstić information content (AvgIpc) is 2.49. The van der Waals surface area contributed by atoms with E-state index in [2.05, 4.69) is 17.4 Å². The van der Waals surface area contributed by atoms with Crippen LogP contribution in [0.3, 0.4) is 0 Å². The number of hydrogen-bond donors (Lipinski definition) is 1. The number of nitrogens with one attached hydrogen (secondary N) is 1. The average molecular weight is 288 g/mol. The van der Waals surface area contributed by atoms with Crippen LogP contribution >= 0.6 is 0 Å². The van der Waals surface area contributed by atoms with E-state index in [1.807, 2.05) is 24.1 Å². The number of hydrogen-bond acceptors (Lipinski definition) is 3. The van der Waals surface area contributed by atoms with E-state index in [4.69, 9.17) is 4.74 Å². The van der Waals surface area contributed by atoms with E-state index in [0.717, 1.165) is 31.5 Å². The van der Waals surface area contributed by atoms with Crippen LogP contribution in [0, 0.1) is 0 Å². The summed E-state index contributed by atoms with van der Waals surface area (Å²) in [6.45, 7) is 0.779. The van der Waals surface area contributed by atoms with E-state index in [0.29, 0.717) is 12.5 Å². The molecule has 21 heavy (non-hydrogen) atoms. The van der Waals surface area contributed by atoms with Crippen LogP contribution in [0.2, 0.25) is 0 Å². The third kappa shape index (κ3) is 2.58. The Labute approximate surface area is 126 Å². The quantitative estimate of drug-likeness (QED) is 0.926. The summed E-state index contributed by atoms with van der Waals surface area (Å²) in [5.41, 5.74) is 2.07. The van der Waals surface area contributed by atoms with Gasteiger partial charge in [-0.2, -0.15) is 0 Å². The molecule has 0 saturated heterocycles. The second kappa shape index (κ2) is 5.78. The number of methoxy groups -OCH3 is 1. The Balaban J connectivity index is 1.81. The van der Waals surface area contributed by atoms with Crippen molar-refractivity contribution >= 4 is 11.6 Å². The molecule has 1 aliphatic carbocycles. The molecule has 2 aliphatic rings. The maximum atomic E-state index is 12.7. The number of benzene rings is 1. The number of rotatable bonds is 4. The minimum Gasteiger partial charge on any atom is -0.378 e. The lowest BCUT2D eigenvalue weighted by molar-refractivity contribution is -0.131. The first-order valence-corrected chi connectivity index (χ1v) is 7.81. The van der Waals surface area contributed by atoms with E-state index >= 15 is 0 Å². The maximum Gasteiger partial charge on any atom is 0.229 e. The number of ether oxygens (including phenoxy) is 1. The smallest absolute Gasteiger partial charge is 0.229 e. The fraction of sp³-hybridized carbons (Fsp3) is 0.588. The summed E-state index contributed by atoms with van der Waals surface area (Å²) in [7, 11) is 3.71. The van der Waals surface area contributed by atoms with Crippen molar-refractivity contribution in [1.29, 1.82) is 0 Å². The van der Waals surface area contributed by atoms with Crippen molar-refractivity contribution in [2.75, 3.05) is 25.6 Å². The van der Waals surface area contributed by atoms with Gasteiger partial charge in [-0.1, -0.05) is 18.2 Å². The van der Waals surface area contributed by atoms with Gasteiger partial charge in [0.1, 0.15) is 0 Å². The molecule has 0 aromatic heterocycles. The minimum absolute atomic E-state index is 0.193. The van der Waals surface area contributed by atoms with Crippen LogP contribution in [0.25, 0.3) is 0 Å². The molecule has 114 valence electrons. The second-order valence-corrected chi connectivity index (χ2v) is 6.15. The van der Waals surface area contributed by atoms with Gasteiger partial charge in [-0.15, -0.1) is 0 Å².